The number of hydrogen-bond donors (Lipinski definition) is 2. The zero-order valence-electron chi connectivity index (χ0n) is 7.56. The van der Waals surface area contributed by atoms with Crippen molar-refractivity contribution >= 4 is 49.9 Å². The number of nitrogens with one attached hydrogen (secondary N) is 1. The molecular formula is C8H13NS4. The van der Waals surface area contributed by atoms with Crippen LogP contribution >= 0.6 is 44.5 Å². The van der Waals surface area contributed by atoms with Crippen molar-refractivity contribution in [1.82, 2.24) is 5.32 Å². The van der Waals surface area contributed by atoms with Gasteiger partial charge >= 0.3 is 0 Å². The third-order valence-corrected chi connectivity index (χ3v) is 3.60. The fourth-order valence-electron chi connectivity index (χ4n) is 0.679. The number of hydrogen-bond acceptors (Lipinski definition) is 5. The average molecular weight is 251 g/mol. The molecule has 5 heteroatoms. The number of thiocarbonyl (C=S) groups is 1. The summed E-state index contributed by atoms with van der Waals surface area (Å²) in [6.45, 7) is 4.08. The molecule has 0 amide bonds. The van der Waals surface area contributed by atoms with Gasteiger partial charge in [0.15, 0.2) is 0 Å². The monoisotopic (exact) mass is 251 g/mol. The van der Waals surface area contributed by atoms with E-state index in [1.807, 2.05) is 19.2 Å². The van der Waals surface area contributed by atoms with Crippen molar-refractivity contribution < 1.29 is 0 Å². The molecule has 0 heterocycles. The van der Waals surface area contributed by atoms with Crippen molar-refractivity contribution in [3.05, 3.63) is 23.3 Å². The SMILES string of the molecule is C/C=C\C(C)NC=C(C=S)SSS. The first-order valence-corrected chi connectivity index (χ1v) is 7.44. The lowest BCUT2D eigenvalue weighted by atomic mass is 10.3. The normalized spacial score (nSPS) is 14.5. The van der Waals surface area contributed by atoms with E-state index in [4.69, 9.17) is 12.2 Å². The summed E-state index contributed by atoms with van der Waals surface area (Å²) in [6.07, 6.45) is 6.00. The van der Waals surface area contributed by atoms with Gasteiger partial charge in [0.05, 0.1) is 0 Å². The zero-order chi connectivity index (χ0) is 10.1. The largest absolute Gasteiger partial charge is 0.384 e. The van der Waals surface area contributed by atoms with Crippen molar-refractivity contribution in [2.75, 3.05) is 0 Å². The van der Waals surface area contributed by atoms with E-state index >= 15 is 0 Å². The minimum absolute atomic E-state index is 0.334. The Kier molecular flexibility index (Phi) is 9.28. The second-order valence-electron chi connectivity index (χ2n) is 2.30. The predicted molar refractivity (Wildman–Crippen MR) is 73.3 cm³/mol. The Morgan fingerprint density at radius 1 is 1.62 bits per heavy atom. The first-order valence-electron chi connectivity index (χ1n) is 3.77. The second kappa shape index (κ2) is 8.99. The summed E-state index contributed by atoms with van der Waals surface area (Å²) in [4.78, 5) is 1.01. The zero-order valence-corrected chi connectivity index (χ0v) is 10.9. The van der Waals surface area contributed by atoms with Crippen molar-refractivity contribution in [3.63, 3.8) is 0 Å². The minimum atomic E-state index is 0.334. The maximum absolute atomic E-state index is 4.84. The molecule has 1 atom stereocenters. The lowest BCUT2D eigenvalue weighted by Gasteiger charge is -2.06. The summed E-state index contributed by atoms with van der Waals surface area (Å²) in [5.41, 5.74) is 0. The lowest BCUT2D eigenvalue weighted by molar-refractivity contribution is 0.769. The van der Waals surface area contributed by atoms with Gasteiger partial charge in [-0.1, -0.05) is 36.0 Å². The van der Waals surface area contributed by atoms with Crippen LogP contribution in [0.3, 0.4) is 0 Å². The molecule has 0 rings (SSSR count). The fraction of sp³-hybridized carbons (Fsp3) is 0.375. The fourth-order valence-corrected chi connectivity index (χ4v) is 2.64. The molecule has 0 saturated heterocycles. The van der Waals surface area contributed by atoms with E-state index in [0.29, 0.717) is 6.04 Å². The van der Waals surface area contributed by atoms with Gasteiger partial charge in [-0.25, -0.2) is 0 Å². The van der Waals surface area contributed by atoms with Crippen molar-refractivity contribution in [3.8, 4) is 0 Å². The maximum Gasteiger partial charge on any atom is 0.0455 e. The second-order valence-corrected chi connectivity index (χ2v) is 5.62. The molecule has 1 unspecified atom stereocenters. The smallest absolute Gasteiger partial charge is 0.0455 e. The Labute approximate surface area is 98.0 Å². The molecular weight excluding hydrogens is 238 g/mol. The van der Waals surface area contributed by atoms with Crippen LogP contribution in [0.2, 0.25) is 0 Å². The Morgan fingerprint density at radius 2 is 2.31 bits per heavy atom. The Bertz CT molecular complexity index is 200. The molecule has 0 radical (unpaired) electrons. The van der Waals surface area contributed by atoms with Crippen LogP contribution in [0.25, 0.3) is 0 Å². The lowest BCUT2D eigenvalue weighted by Crippen LogP contribution is -2.17. The molecule has 0 aliphatic carbocycles. The summed E-state index contributed by atoms with van der Waals surface area (Å²) >= 11 is 8.87. The van der Waals surface area contributed by atoms with E-state index in [9.17, 15) is 0 Å². The van der Waals surface area contributed by atoms with Crippen LogP contribution in [0.15, 0.2) is 23.3 Å². The molecule has 0 aliphatic rings. The first kappa shape index (κ1) is 13.4. The Morgan fingerprint density at radius 3 is 2.77 bits per heavy atom. The van der Waals surface area contributed by atoms with Crippen LogP contribution in [-0.4, -0.2) is 11.4 Å². The molecule has 13 heavy (non-hydrogen) atoms. The van der Waals surface area contributed by atoms with Gasteiger partial charge in [-0.3, -0.25) is 0 Å². The molecule has 0 spiro atoms. The van der Waals surface area contributed by atoms with Gasteiger partial charge in [0.2, 0.25) is 0 Å². The third-order valence-electron chi connectivity index (χ3n) is 1.22. The summed E-state index contributed by atoms with van der Waals surface area (Å²) < 4.78 is 0. The Balaban J connectivity index is 3.97. The van der Waals surface area contributed by atoms with Gasteiger partial charge < -0.3 is 5.32 Å². The third kappa shape index (κ3) is 7.49. The average Bonchev–Trinajstić information content (AvgIpc) is 2.12. The number of thiol groups is 1. The van der Waals surface area contributed by atoms with E-state index in [1.165, 1.54) is 20.6 Å². The van der Waals surface area contributed by atoms with Gasteiger partial charge in [-0.05, 0) is 34.5 Å². The Hall–Kier alpha value is 0.420. The highest BCUT2D eigenvalue weighted by Crippen LogP contribution is 2.31. The summed E-state index contributed by atoms with van der Waals surface area (Å²) in [6, 6.07) is 0.334. The molecule has 0 saturated carbocycles. The summed E-state index contributed by atoms with van der Waals surface area (Å²) in [5, 5.41) is 4.85. The highest BCUT2D eigenvalue weighted by atomic mass is 33.5. The standard InChI is InChI=1S/C8H13NS4/c1-3-4-7(2)9-5-8(6-10)12-13-11/h3-7,9,11H,1-2H3/b4-3-,8-5?. The maximum atomic E-state index is 4.84. The first-order chi connectivity index (χ1) is 6.24. The minimum Gasteiger partial charge on any atom is -0.384 e. The van der Waals surface area contributed by atoms with E-state index in [-0.39, 0.29) is 0 Å². The van der Waals surface area contributed by atoms with Crippen LogP contribution in [0.5, 0.6) is 0 Å². The molecule has 0 bridgehead atoms. The molecule has 0 aromatic rings. The quantitative estimate of drug-likeness (QED) is 0.246. The van der Waals surface area contributed by atoms with Gasteiger partial charge in [0.1, 0.15) is 0 Å². The molecule has 74 valence electrons. The van der Waals surface area contributed by atoms with E-state index in [0.717, 1.165) is 4.91 Å². The van der Waals surface area contributed by atoms with Crippen molar-refractivity contribution in [1.29, 1.82) is 0 Å². The van der Waals surface area contributed by atoms with Crippen LogP contribution in [0.1, 0.15) is 13.8 Å². The molecule has 0 aromatic heterocycles. The van der Waals surface area contributed by atoms with E-state index in [2.05, 4.69) is 30.0 Å². The van der Waals surface area contributed by atoms with E-state index in [1.54, 1.807) is 5.37 Å². The van der Waals surface area contributed by atoms with Gasteiger partial charge in [-0.2, -0.15) is 0 Å². The number of allylic oxidation sites excluding steroid dienone is 2. The summed E-state index contributed by atoms with van der Waals surface area (Å²) in [7, 11) is 2.92. The predicted octanol–water partition coefficient (Wildman–Crippen LogP) is 3.61. The van der Waals surface area contributed by atoms with Crippen molar-refractivity contribution in [2.45, 2.75) is 19.9 Å². The summed E-state index contributed by atoms with van der Waals surface area (Å²) in [5.74, 6) is 0. The van der Waals surface area contributed by atoms with Gasteiger partial charge in [0, 0.05) is 22.5 Å². The molecule has 0 fully saturated rings. The topological polar surface area (TPSA) is 12.0 Å². The highest BCUT2D eigenvalue weighted by molar-refractivity contribution is 9.06. The van der Waals surface area contributed by atoms with E-state index < -0.39 is 0 Å². The molecule has 1 N–H and O–H groups in total. The van der Waals surface area contributed by atoms with Gasteiger partial charge in [0.25, 0.3) is 0 Å². The van der Waals surface area contributed by atoms with Crippen LogP contribution in [0, 0.1) is 0 Å². The molecule has 1 nitrogen and oxygen atoms in total. The highest BCUT2D eigenvalue weighted by Gasteiger charge is 1.94. The van der Waals surface area contributed by atoms with Crippen LogP contribution < -0.4 is 5.32 Å². The number of rotatable bonds is 6. The molecule has 0 aromatic carbocycles. The van der Waals surface area contributed by atoms with Crippen LogP contribution in [0.4, 0.5) is 0 Å². The molecule has 0 aliphatic heterocycles. The van der Waals surface area contributed by atoms with Gasteiger partial charge in [-0.15, -0.1) is 0 Å². The van der Waals surface area contributed by atoms with Crippen LogP contribution in [-0.2, 0) is 0 Å². The van der Waals surface area contributed by atoms with Crippen molar-refractivity contribution in [2.24, 2.45) is 0 Å².